The van der Waals surface area contributed by atoms with Crippen molar-refractivity contribution in [3.05, 3.63) is 78.0 Å². The molecule has 156 valence electrons. The fourth-order valence-corrected chi connectivity index (χ4v) is 3.82. The van der Waals surface area contributed by atoms with Gasteiger partial charge in [-0.05, 0) is 41.8 Å². The van der Waals surface area contributed by atoms with Crippen LogP contribution in [0.3, 0.4) is 0 Å². The molecule has 2 aromatic heterocycles. The van der Waals surface area contributed by atoms with Crippen LogP contribution in [0.15, 0.2) is 66.9 Å². The molecule has 0 saturated carbocycles. The number of urea groups is 1. The predicted molar refractivity (Wildman–Crippen MR) is 118 cm³/mol. The lowest BCUT2D eigenvalue weighted by atomic mass is 10.0. The van der Waals surface area contributed by atoms with Gasteiger partial charge in [0.05, 0.1) is 12.6 Å². The maximum Gasteiger partial charge on any atom is 0.346 e. The van der Waals surface area contributed by atoms with Gasteiger partial charge in [0.2, 0.25) is 5.95 Å². The first-order valence-electron chi connectivity index (χ1n) is 10.1. The highest BCUT2D eigenvalue weighted by Gasteiger charge is 2.32. The van der Waals surface area contributed by atoms with Crippen LogP contribution in [0.25, 0.3) is 16.8 Å². The van der Waals surface area contributed by atoms with Gasteiger partial charge in [-0.2, -0.15) is 10.0 Å². The standard InChI is InChI=1S/C23H22N6O2/c1-15-7-8-17(18-9-10-21-26-22(24)27-28(21)14-18)13-19(15)25-23(30)29-20(11-12-31-29)16-5-3-2-4-6-16/h2-10,13-14,20H,11-12H2,1H3,(H2,24,27)(H,25,30). The van der Waals surface area contributed by atoms with Crippen LogP contribution in [-0.4, -0.2) is 32.3 Å². The number of hydrogen-bond donors (Lipinski definition) is 2. The van der Waals surface area contributed by atoms with E-state index < -0.39 is 0 Å². The average molecular weight is 414 g/mol. The lowest BCUT2D eigenvalue weighted by Crippen LogP contribution is -2.33. The van der Waals surface area contributed by atoms with Gasteiger partial charge in [-0.15, -0.1) is 5.10 Å². The Morgan fingerprint density at radius 1 is 1.13 bits per heavy atom. The summed E-state index contributed by atoms with van der Waals surface area (Å²) in [5.74, 6) is 0.229. The molecular formula is C23H22N6O2. The minimum Gasteiger partial charge on any atom is -0.366 e. The maximum absolute atomic E-state index is 13.0. The van der Waals surface area contributed by atoms with E-state index in [1.54, 1.807) is 4.52 Å². The van der Waals surface area contributed by atoms with Crippen LogP contribution in [0.5, 0.6) is 0 Å². The zero-order chi connectivity index (χ0) is 21.4. The van der Waals surface area contributed by atoms with Crippen molar-refractivity contribution in [3.8, 4) is 11.1 Å². The number of hydroxylamine groups is 2. The summed E-state index contributed by atoms with van der Waals surface area (Å²) in [6, 6.07) is 19.3. The third-order valence-electron chi connectivity index (χ3n) is 5.45. The van der Waals surface area contributed by atoms with Crippen LogP contribution < -0.4 is 11.1 Å². The molecule has 0 spiro atoms. The number of nitrogens with zero attached hydrogens (tertiary/aromatic N) is 4. The fraction of sp³-hybridized carbons (Fsp3) is 0.174. The lowest BCUT2D eigenvalue weighted by Gasteiger charge is -2.23. The highest BCUT2D eigenvalue weighted by molar-refractivity contribution is 5.91. The summed E-state index contributed by atoms with van der Waals surface area (Å²) in [5, 5.41) is 8.61. The number of rotatable bonds is 3. The zero-order valence-electron chi connectivity index (χ0n) is 17.0. The molecule has 8 nitrogen and oxygen atoms in total. The highest BCUT2D eigenvalue weighted by Crippen LogP contribution is 2.32. The number of hydrogen-bond acceptors (Lipinski definition) is 5. The molecule has 8 heteroatoms. The zero-order valence-corrected chi connectivity index (χ0v) is 17.0. The van der Waals surface area contributed by atoms with Gasteiger partial charge in [-0.25, -0.2) is 9.31 Å². The second kappa shape index (κ2) is 7.73. The molecule has 2 amide bonds. The van der Waals surface area contributed by atoms with Crippen molar-refractivity contribution in [2.24, 2.45) is 0 Å². The fourth-order valence-electron chi connectivity index (χ4n) is 3.82. The maximum atomic E-state index is 13.0. The van der Waals surface area contributed by atoms with E-state index in [0.29, 0.717) is 12.3 Å². The number of aryl methyl sites for hydroxylation is 1. The Morgan fingerprint density at radius 3 is 2.77 bits per heavy atom. The molecule has 1 aliphatic rings. The molecule has 3 heterocycles. The summed E-state index contributed by atoms with van der Waals surface area (Å²) in [6.45, 7) is 2.47. The van der Waals surface area contributed by atoms with Crippen molar-refractivity contribution < 1.29 is 9.63 Å². The van der Waals surface area contributed by atoms with Crippen LogP contribution in [0.2, 0.25) is 0 Å². The largest absolute Gasteiger partial charge is 0.366 e. The van der Waals surface area contributed by atoms with Crippen LogP contribution in [-0.2, 0) is 4.84 Å². The molecule has 0 bridgehead atoms. The van der Waals surface area contributed by atoms with Crippen molar-refractivity contribution in [2.45, 2.75) is 19.4 Å². The Bertz CT molecular complexity index is 1250. The number of pyridine rings is 1. The number of aromatic nitrogens is 3. The molecule has 31 heavy (non-hydrogen) atoms. The number of nitrogens with one attached hydrogen (secondary N) is 1. The van der Waals surface area contributed by atoms with Gasteiger partial charge in [-0.1, -0.05) is 42.5 Å². The Labute approximate surface area is 179 Å². The first-order valence-corrected chi connectivity index (χ1v) is 10.1. The predicted octanol–water partition coefficient (Wildman–Crippen LogP) is 4.20. The molecule has 0 aliphatic carbocycles. The Balaban J connectivity index is 1.40. The third kappa shape index (κ3) is 3.69. The molecule has 4 aromatic rings. The van der Waals surface area contributed by atoms with Crippen LogP contribution in [0.1, 0.15) is 23.6 Å². The summed E-state index contributed by atoms with van der Waals surface area (Å²) < 4.78 is 1.64. The summed E-state index contributed by atoms with van der Waals surface area (Å²) in [6.07, 6.45) is 2.63. The highest BCUT2D eigenvalue weighted by atomic mass is 16.7. The second-order valence-corrected chi connectivity index (χ2v) is 7.52. The number of nitrogen functional groups attached to an aromatic ring is 1. The molecule has 1 atom stereocenters. The molecule has 5 rings (SSSR count). The van der Waals surface area contributed by atoms with Gasteiger partial charge in [-0.3, -0.25) is 4.84 Å². The van der Waals surface area contributed by atoms with Crippen LogP contribution >= 0.6 is 0 Å². The number of carbonyl (C=O) groups is 1. The molecule has 1 saturated heterocycles. The first-order chi connectivity index (χ1) is 15.1. The summed E-state index contributed by atoms with van der Waals surface area (Å²) in [5.41, 5.74) is 11.0. The SMILES string of the molecule is Cc1ccc(-c2ccc3nc(N)nn3c2)cc1NC(=O)N1OCCC1c1ccccc1. The van der Waals surface area contributed by atoms with Gasteiger partial charge >= 0.3 is 6.03 Å². The molecule has 1 fully saturated rings. The van der Waals surface area contributed by atoms with Crippen molar-refractivity contribution in [3.63, 3.8) is 0 Å². The quantitative estimate of drug-likeness (QED) is 0.524. The third-order valence-corrected chi connectivity index (χ3v) is 5.45. The Hall–Kier alpha value is -3.91. The van der Waals surface area contributed by atoms with E-state index in [9.17, 15) is 4.79 Å². The molecule has 3 N–H and O–H groups in total. The van der Waals surface area contributed by atoms with Crippen molar-refractivity contribution >= 4 is 23.3 Å². The van der Waals surface area contributed by atoms with Gasteiger partial charge < -0.3 is 11.1 Å². The smallest absolute Gasteiger partial charge is 0.346 e. The monoisotopic (exact) mass is 414 g/mol. The molecule has 1 unspecified atom stereocenters. The molecule has 2 aromatic carbocycles. The number of benzene rings is 2. The molecular weight excluding hydrogens is 392 g/mol. The average Bonchev–Trinajstić information content (AvgIpc) is 3.41. The first kappa shape index (κ1) is 19.1. The van der Waals surface area contributed by atoms with Crippen molar-refractivity contribution in [1.29, 1.82) is 0 Å². The van der Waals surface area contributed by atoms with Gasteiger partial charge in [0.15, 0.2) is 5.65 Å². The van der Waals surface area contributed by atoms with E-state index >= 15 is 0 Å². The number of fused-ring (bicyclic) bond motifs is 1. The van der Waals surface area contributed by atoms with Gasteiger partial charge in [0.1, 0.15) is 0 Å². The van der Waals surface area contributed by atoms with E-state index in [2.05, 4.69) is 15.4 Å². The van der Waals surface area contributed by atoms with Gasteiger partial charge in [0, 0.05) is 23.9 Å². The number of amides is 2. The minimum atomic E-state index is -0.286. The van der Waals surface area contributed by atoms with E-state index in [4.69, 9.17) is 10.6 Å². The summed E-state index contributed by atoms with van der Waals surface area (Å²) in [7, 11) is 0. The van der Waals surface area contributed by atoms with E-state index in [1.165, 1.54) is 5.06 Å². The molecule has 0 radical (unpaired) electrons. The van der Waals surface area contributed by atoms with Crippen LogP contribution in [0.4, 0.5) is 16.4 Å². The Kier molecular flexibility index (Phi) is 4.76. The van der Waals surface area contributed by atoms with E-state index in [0.717, 1.165) is 34.4 Å². The summed E-state index contributed by atoms with van der Waals surface area (Å²) in [4.78, 5) is 22.8. The van der Waals surface area contributed by atoms with Crippen molar-refractivity contribution in [2.75, 3.05) is 17.7 Å². The van der Waals surface area contributed by atoms with E-state index in [1.807, 2.05) is 73.8 Å². The summed E-state index contributed by atoms with van der Waals surface area (Å²) >= 11 is 0. The van der Waals surface area contributed by atoms with Gasteiger partial charge in [0.25, 0.3) is 0 Å². The van der Waals surface area contributed by atoms with E-state index in [-0.39, 0.29) is 18.0 Å². The minimum absolute atomic E-state index is 0.107. The number of anilines is 2. The lowest BCUT2D eigenvalue weighted by molar-refractivity contribution is -0.0829. The number of nitrogens with two attached hydrogens (primary N) is 1. The van der Waals surface area contributed by atoms with Crippen LogP contribution in [0, 0.1) is 6.92 Å². The van der Waals surface area contributed by atoms with Crippen molar-refractivity contribution in [1.82, 2.24) is 19.7 Å². The molecule has 1 aliphatic heterocycles. The second-order valence-electron chi connectivity index (χ2n) is 7.52. The normalized spacial score (nSPS) is 16.0. The number of carbonyl (C=O) groups excluding carboxylic acids is 1. The Morgan fingerprint density at radius 2 is 1.94 bits per heavy atom. The topological polar surface area (TPSA) is 97.8 Å².